The number of rotatable bonds is 6. The van der Waals surface area contributed by atoms with Gasteiger partial charge in [0, 0.05) is 12.5 Å². The van der Waals surface area contributed by atoms with Gasteiger partial charge in [0.25, 0.3) is 0 Å². The van der Waals surface area contributed by atoms with Crippen LogP contribution in [0.3, 0.4) is 0 Å². The summed E-state index contributed by atoms with van der Waals surface area (Å²) in [6.07, 6.45) is 8.41. The van der Waals surface area contributed by atoms with Crippen LogP contribution < -0.4 is 5.73 Å². The summed E-state index contributed by atoms with van der Waals surface area (Å²) < 4.78 is 11.0. The molecule has 1 saturated carbocycles. The lowest BCUT2D eigenvalue weighted by molar-refractivity contribution is 0.0867. The zero-order valence-electron chi connectivity index (χ0n) is 12.7. The summed E-state index contributed by atoms with van der Waals surface area (Å²) in [5, 5.41) is 4.08. The summed E-state index contributed by atoms with van der Waals surface area (Å²) in [4.78, 5) is 4.54. The van der Waals surface area contributed by atoms with E-state index in [0.29, 0.717) is 25.0 Å². The van der Waals surface area contributed by atoms with Crippen molar-refractivity contribution < 1.29 is 9.26 Å². The van der Waals surface area contributed by atoms with Crippen molar-refractivity contribution in [3.05, 3.63) is 11.7 Å². The molecular weight excluding hydrogens is 254 g/mol. The third-order valence-corrected chi connectivity index (χ3v) is 3.91. The number of aromatic nitrogens is 2. The summed E-state index contributed by atoms with van der Waals surface area (Å²) >= 11 is 0. The summed E-state index contributed by atoms with van der Waals surface area (Å²) in [6.45, 7) is 5.10. The predicted molar refractivity (Wildman–Crippen MR) is 77.4 cm³/mol. The number of hydrogen-bond donors (Lipinski definition) is 1. The van der Waals surface area contributed by atoms with Gasteiger partial charge in [0.05, 0.1) is 6.61 Å². The molecule has 1 aliphatic rings. The minimum Gasteiger partial charge on any atom is -0.379 e. The average Bonchev–Trinajstić information content (AvgIpc) is 2.77. The maximum atomic E-state index is 6.24. The van der Waals surface area contributed by atoms with E-state index in [2.05, 4.69) is 17.1 Å². The lowest BCUT2D eigenvalue weighted by Crippen LogP contribution is -2.39. The molecule has 2 N–H and O–H groups in total. The number of hydrogen-bond acceptors (Lipinski definition) is 5. The van der Waals surface area contributed by atoms with Gasteiger partial charge in [-0.25, -0.2) is 0 Å². The largest absolute Gasteiger partial charge is 0.379 e. The molecule has 114 valence electrons. The van der Waals surface area contributed by atoms with Crippen LogP contribution in [-0.2, 0) is 10.3 Å². The molecule has 5 heteroatoms. The van der Waals surface area contributed by atoms with Crippen molar-refractivity contribution in [1.29, 1.82) is 0 Å². The Hall–Kier alpha value is -0.940. The van der Waals surface area contributed by atoms with E-state index in [4.69, 9.17) is 15.0 Å². The zero-order chi connectivity index (χ0) is 14.4. The molecule has 0 amide bonds. The Morgan fingerprint density at radius 2 is 2.00 bits per heavy atom. The summed E-state index contributed by atoms with van der Waals surface area (Å²) in [5.41, 5.74) is 5.56. The number of ether oxygens (including phenoxy) is 1. The fraction of sp³-hybridized carbons (Fsp3) is 0.867. The molecule has 0 bridgehead atoms. The van der Waals surface area contributed by atoms with Crippen LogP contribution >= 0.6 is 0 Å². The Balaban J connectivity index is 1.99. The van der Waals surface area contributed by atoms with Crippen molar-refractivity contribution in [3.63, 3.8) is 0 Å². The van der Waals surface area contributed by atoms with Crippen molar-refractivity contribution in [2.75, 3.05) is 13.2 Å². The molecule has 1 atom stereocenters. The van der Waals surface area contributed by atoms with Crippen molar-refractivity contribution in [1.82, 2.24) is 10.1 Å². The van der Waals surface area contributed by atoms with E-state index in [0.717, 1.165) is 25.2 Å². The highest BCUT2D eigenvalue weighted by molar-refractivity contribution is 5.04. The third-order valence-electron chi connectivity index (χ3n) is 3.91. The Kier molecular flexibility index (Phi) is 5.54. The van der Waals surface area contributed by atoms with Gasteiger partial charge in [-0.2, -0.15) is 4.98 Å². The van der Waals surface area contributed by atoms with Crippen LogP contribution in [0.15, 0.2) is 4.52 Å². The molecule has 1 fully saturated rings. The van der Waals surface area contributed by atoms with Gasteiger partial charge in [-0.3, -0.25) is 0 Å². The molecule has 20 heavy (non-hydrogen) atoms. The summed E-state index contributed by atoms with van der Waals surface area (Å²) in [6, 6.07) is 0. The maximum absolute atomic E-state index is 6.24. The first-order valence-corrected chi connectivity index (χ1v) is 7.84. The topological polar surface area (TPSA) is 74.2 Å². The van der Waals surface area contributed by atoms with Gasteiger partial charge in [-0.1, -0.05) is 37.8 Å². The predicted octanol–water partition coefficient (Wildman–Crippen LogP) is 3.11. The monoisotopic (exact) mass is 281 g/mol. The van der Waals surface area contributed by atoms with Gasteiger partial charge in [0.2, 0.25) is 5.89 Å². The van der Waals surface area contributed by atoms with E-state index in [1.165, 1.54) is 25.7 Å². The molecule has 0 aromatic carbocycles. The second kappa shape index (κ2) is 7.18. The minimum absolute atomic E-state index is 0.408. The number of nitrogens with two attached hydrogens (primary N) is 1. The lowest BCUT2D eigenvalue weighted by Gasteiger charge is -2.20. The van der Waals surface area contributed by atoms with Crippen LogP contribution in [0.4, 0.5) is 0 Å². The molecular formula is C15H27N3O2. The van der Waals surface area contributed by atoms with Gasteiger partial charge in [-0.15, -0.1) is 0 Å². The van der Waals surface area contributed by atoms with Crippen molar-refractivity contribution >= 4 is 0 Å². The van der Waals surface area contributed by atoms with Crippen LogP contribution in [-0.4, -0.2) is 23.4 Å². The standard InChI is InChI=1S/C15H27N3O2/c1-3-10-19-11-15(2,16)14-17-13(20-18-14)12-8-6-4-5-7-9-12/h12H,3-11,16H2,1-2H3. The Morgan fingerprint density at radius 3 is 2.65 bits per heavy atom. The van der Waals surface area contributed by atoms with Crippen LogP contribution in [0, 0.1) is 0 Å². The molecule has 0 radical (unpaired) electrons. The van der Waals surface area contributed by atoms with Crippen molar-refractivity contribution in [2.45, 2.75) is 70.3 Å². The lowest BCUT2D eigenvalue weighted by atomic mass is 10.00. The van der Waals surface area contributed by atoms with Crippen molar-refractivity contribution in [2.24, 2.45) is 5.73 Å². The van der Waals surface area contributed by atoms with Crippen LogP contribution in [0.5, 0.6) is 0 Å². The van der Waals surface area contributed by atoms with Gasteiger partial charge < -0.3 is 15.0 Å². The first-order valence-electron chi connectivity index (χ1n) is 7.84. The van der Waals surface area contributed by atoms with E-state index < -0.39 is 5.54 Å². The van der Waals surface area contributed by atoms with Gasteiger partial charge >= 0.3 is 0 Å². The molecule has 0 spiro atoms. The fourth-order valence-electron chi connectivity index (χ4n) is 2.65. The molecule has 2 rings (SSSR count). The highest BCUT2D eigenvalue weighted by Crippen LogP contribution is 2.31. The Labute approximate surface area is 121 Å². The summed E-state index contributed by atoms with van der Waals surface area (Å²) in [5.74, 6) is 1.73. The smallest absolute Gasteiger partial charge is 0.229 e. The maximum Gasteiger partial charge on any atom is 0.229 e. The second-order valence-electron chi connectivity index (χ2n) is 6.11. The number of nitrogens with zero attached hydrogens (tertiary/aromatic N) is 2. The molecule has 0 aliphatic heterocycles. The molecule has 0 saturated heterocycles. The molecule has 1 aromatic rings. The SMILES string of the molecule is CCCOCC(C)(N)c1noc(C2CCCCCC2)n1. The molecule has 1 unspecified atom stereocenters. The van der Waals surface area contributed by atoms with Crippen LogP contribution in [0.1, 0.15) is 76.4 Å². The first-order chi connectivity index (χ1) is 9.63. The minimum atomic E-state index is -0.679. The van der Waals surface area contributed by atoms with E-state index in [-0.39, 0.29) is 0 Å². The van der Waals surface area contributed by atoms with Crippen LogP contribution in [0.2, 0.25) is 0 Å². The van der Waals surface area contributed by atoms with E-state index in [1.54, 1.807) is 0 Å². The van der Waals surface area contributed by atoms with E-state index in [9.17, 15) is 0 Å². The quantitative estimate of drug-likeness (QED) is 0.640. The first kappa shape index (κ1) is 15.4. The average molecular weight is 281 g/mol. The zero-order valence-corrected chi connectivity index (χ0v) is 12.7. The van der Waals surface area contributed by atoms with Gasteiger partial charge in [-0.05, 0) is 26.2 Å². The highest BCUT2D eigenvalue weighted by atomic mass is 16.5. The molecule has 1 aromatic heterocycles. The highest BCUT2D eigenvalue weighted by Gasteiger charge is 2.30. The third kappa shape index (κ3) is 4.03. The van der Waals surface area contributed by atoms with E-state index in [1.807, 2.05) is 6.92 Å². The van der Waals surface area contributed by atoms with Crippen molar-refractivity contribution in [3.8, 4) is 0 Å². The summed E-state index contributed by atoms with van der Waals surface area (Å²) in [7, 11) is 0. The van der Waals surface area contributed by atoms with E-state index >= 15 is 0 Å². The van der Waals surface area contributed by atoms with Gasteiger partial charge in [0.15, 0.2) is 5.82 Å². The molecule has 5 nitrogen and oxygen atoms in total. The molecule has 1 aliphatic carbocycles. The Bertz CT molecular complexity index is 396. The molecule has 1 heterocycles. The normalized spacial score (nSPS) is 20.6. The Morgan fingerprint density at radius 1 is 1.30 bits per heavy atom. The van der Waals surface area contributed by atoms with Gasteiger partial charge in [0.1, 0.15) is 5.54 Å². The van der Waals surface area contributed by atoms with Crippen LogP contribution in [0.25, 0.3) is 0 Å². The fourth-order valence-corrected chi connectivity index (χ4v) is 2.65. The second-order valence-corrected chi connectivity index (χ2v) is 6.11.